The Morgan fingerprint density at radius 2 is 2.17 bits per heavy atom. The first-order chi connectivity index (χ1) is 8.74. The van der Waals surface area contributed by atoms with Gasteiger partial charge in [-0.1, -0.05) is 31.5 Å². The fraction of sp³-hybridized carbons (Fsp3) is 0.429. The fourth-order valence-electron chi connectivity index (χ4n) is 2.05. The topological polar surface area (TPSA) is 62.0 Å². The minimum atomic E-state index is 0.0383. The number of hydrogen-bond donors (Lipinski definition) is 3. The maximum atomic E-state index is 9.44. The Balaban J connectivity index is 2.11. The summed E-state index contributed by atoms with van der Waals surface area (Å²) in [6, 6.07) is 10.3. The molecule has 0 fully saturated rings. The Hall–Kier alpha value is -0.970. The number of nitrogens with one attached hydrogen (secondary N) is 1. The van der Waals surface area contributed by atoms with Gasteiger partial charge in [0, 0.05) is 22.2 Å². The molecule has 18 heavy (non-hydrogen) atoms. The lowest BCUT2D eigenvalue weighted by atomic mass is 10.1. The predicted octanol–water partition coefficient (Wildman–Crippen LogP) is 2.75. The van der Waals surface area contributed by atoms with E-state index < -0.39 is 0 Å². The van der Waals surface area contributed by atoms with Gasteiger partial charge in [-0.2, -0.15) is 0 Å². The van der Waals surface area contributed by atoms with E-state index in [0.29, 0.717) is 0 Å². The summed E-state index contributed by atoms with van der Waals surface area (Å²) in [6.45, 7) is 2.23. The van der Waals surface area contributed by atoms with E-state index >= 15 is 0 Å². The Kier molecular flexibility index (Phi) is 4.69. The van der Waals surface area contributed by atoms with Crippen molar-refractivity contribution >= 4 is 22.7 Å². The molecule has 0 aliphatic carbocycles. The number of thioether (sulfide) groups is 1. The van der Waals surface area contributed by atoms with Gasteiger partial charge in [-0.3, -0.25) is 0 Å². The van der Waals surface area contributed by atoms with Gasteiger partial charge in [0.15, 0.2) is 0 Å². The first-order valence-electron chi connectivity index (χ1n) is 6.35. The van der Waals surface area contributed by atoms with E-state index in [1.165, 1.54) is 5.39 Å². The second kappa shape index (κ2) is 6.27. The molecule has 1 aromatic carbocycles. The van der Waals surface area contributed by atoms with Crippen molar-refractivity contribution in [2.75, 3.05) is 6.61 Å². The highest BCUT2D eigenvalue weighted by Gasteiger charge is 2.18. The maximum absolute atomic E-state index is 9.44. The molecule has 0 bridgehead atoms. The zero-order chi connectivity index (χ0) is 13.0. The summed E-state index contributed by atoms with van der Waals surface area (Å²) in [4.78, 5) is 3.35. The minimum Gasteiger partial charge on any atom is -0.395 e. The molecule has 1 aromatic heterocycles. The number of aromatic nitrogens is 1. The number of nitrogens with two attached hydrogens (primary N) is 1. The normalized spacial score (nSPS) is 14.8. The third-order valence-corrected chi connectivity index (χ3v) is 4.34. The molecule has 4 heteroatoms. The van der Waals surface area contributed by atoms with Crippen molar-refractivity contribution < 1.29 is 5.11 Å². The van der Waals surface area contributed by atoms with Crippen LogP contribution in [0.3, 0.4) is 0 Å². The molecule has 3 nitrogen and oxygen atoms in total. The molecule has 0 saturated heterocycles. The molecule has 0 spiro atoms. The molecule has 4 N–H and O–H groups in total. The van der Waals surface area contributed by atoms with Crippen molar-refractivity contribution in [2.24, 2.45) is 5.73 Å². The number of rotatable bonds is 6. The summed E-state index contributed by atoms with van der Waals surface area (Å²) in [7, 11) is 0. The number of fused-ring (bicyclic) bond motifs is 1. The van der Waals surface area contributed by atoms with Gasteiger partial charge in [0.2, 0.25) is 0 Å². The van der Waals surface area contributed by atoms with Crippen LogP contribution in [0.5, 0.6) is 0 Å². The van der Waals surface area contributed by atoms with Gasteiger partial charge in [-0.05, 0) is 18.6 Å². The highest BCUT2D eigenvalue weighted by Crippen LogP contribution is 2.28. The van der Waals surface area contributed by atoms with Crippen LogP contribution >= 0.6 is 11.8 Å². The highest BCUT2D eigenvalue weighted by atomic mass is 32.2. The van der Waals surface area contributed by atoms with Gasteiger partial charge in [0.25, 0.3) is 0 Å². The van der Waals surface area contributed by atoms with Crippen molar-refractivity contribution in [1.82, 2.24) is 4.98 Å². The molecule has 2 aromatic rings. The van der Waals surface area contributed by atoms with Crippen LogP contribution in [-0.2, 0) is 0 Å². The van der Waals surface area contributed by atoms with Crippen molar-refractivity contribution in [3.63, 3.8) is 0 Å². The minimum absolute atomic E-state index is 0.0383. The molecule has 98 valence electrons. The molecule has 0 aliphatic heterocycles. The molecule has 1 heterocycles. The van der Waals surface area contributed by atoms with Crippen LogP contribution in [-0.4, -0.2) is 28.0 Å². The van der Waals surface area contributed by atoms with Crippen LogP contribution in [0.15, 0.2) is 35.4 Å². The first kappa shape index (κ1) is 13.5. The number of aliphatic hydroxyl groups is 1. The third kappa shape index (κ3) is 3.07. The van der Waals surface area contributed by atoms with Gasteiger partial charge in [-0.15, -0.1) is 11.8 Å². The van der Waals surface area contributed by atoms with E-state index in [0.717, 1.165) is 23.4 Å². The smallest absolute Gasteiger partial charge is 0.0736 e. The predicted molar refractivity (Wildman–Crippen MR) is 77.9 cm³/mol. The first-order valence-corrected chi connectivity index (χ1v) is 7.23. The Bertz CT molecular complexity index is 464. The molecule has 0 saturated carbocycles. The van der Waals surface area contributed by atoms with E-state index in [-0.39, 0.29) is 17.9 Å². The molecule has 0 radical (unpaired) electrons. The monoisotopic (exact) mass is 264 g/mol. The second-order valence-corrected chi connectivity index (χ2v) is 5.79. The molecule has 2 unspecified atom stereocenters. The van der Waals surface area contributed by atoms with Gasteiger partial charge in [0.05, 0.1) is 11.6 Å². The zero-order valence-corrected chi connectivity index (χ0v) is 11.4. The second-order valence-electron chi connectivity index (χ2n) is 4.51. The average Bonchev–Trinajstić information content (AvgIpc) is 2.78. The Morgan fingerprint density at radius 3 is 2.83 bits per heavy atom. The lowest BCUT2D eigenvalue weighted by molar-refractivity contribution is 0.279. The van der Waals surface area contributed by atoms with Gasteiger partial charge in [-0.25, -0.2) is 0 Å². The Labute approximate surface area is 112 Å². The van der Waals surface area contributed by atoms with Crippen LogP contribution in [0.4, 0.5) is 0 Å². The number of para-hydroxylation sites is 1. The molecule has 0 aliphatic rings. The van der Waals surface area contributed by atoms with Crippen molar-refractivity contribution in [3.05, 3.63) is 30.3 Å². The quantitative estimate of drug-likeness (QED) is 0.703. The average molecular weight is 264 g/mol. The fourth-order valence-corrected chi connectivity index (χ4v) is 3.13. The summed E-state index contributed by atoms with van der Waals surface area (Å²) in [5.41, 5.74) is 7.21. The molecule has 2 rings (SSSR count). The molecular formula is C14H20N2OS. The van der Waals surface area contributed by atoms with E-state index in [4.69, 9.17) is 5.73 Å². The lowest BCUT2D eigenvalue weighted by Crippen LogP contribution is -2.34. The number of hydrogen-bond acceptors (Lipinski definition) is 3. The lowest BCUT2D eigenvalue weighted by Gasteiger charge is -2.20. The molecular weight excluding hydrogens is 244 g/mol. The third-order valence-electron chi connectivity index (χ3n) is 3.06. The van der Waals surface area contributed by atoms with E-state index in [9.17, 15) is 5.11 Å². The van der Waals surface area contributed by atoms with Crippen LogP contribution in [0.2, 0.25) is 0 Å². The van der Waals surface area contributed by atoms with Crippen LogP contribution in [0.1, 0.15) is 19.8 Å². The van der Waals surface area contributed by atoms with Crippen molar-refractivity contribution in [3.8, 4) is 0 Å². The Morgan fingerprint density at radius 1 is 1.39 bits per heavy atom. The summed E-state index contributed by atoms with van der Waals surface area (Å²) in [6.07, 6.45) is 1.99. The number of aliphatic hydroxyl groups excluding tert-OH is 1. The van der Waals surface area contributed by atoms with Gasteiger partial charge in [0.1, 0.15) is 0 Å². The van der Waals surface area contributed by atoms with Gasteiger partial charge >= 0.3 is 0 Å². The van der Waals surface area contributed by atoms with Crippen LogP contribution < -0.4 is 5.73 Å². The van der Waals surface area contributed by atoms with E-state index in [1.807, 2.05) is 12.1 Å². The van der Waals surface area contributed by atoms with E-state index in [1.54, 1.807) is 11.8 Å². The van der Waals surface area contributed by atoms with E-state index in [2.05, 4.69) is 30.1 Å². The maximum Gasteiger partial charge on any atom is 0.0736 e. The summed E-state index contributed by atoms with van der Waals surface area (Å²) in [5, 5.41) is 11.8. The standard InChI is InChI=1S/C14H20N2OS/c1-2-5-11(15)13(9-17)18-14-8-10-6-3-4-7-12(10)16-14/h3-4,6-8,11,13,16-17H,2,5,9,15H2,1H3. The van der Waals surface area contributed by atoms with Crippen molar-refractivity contribution in [2.45, 2.75) is 36.1 Å². The number of H-pyrrole nitrogens is 1. The van der Waals surface area contributed by atoms with Crippen LogP contribution in [0, 0.1) is 0 Å². The van der Waals surface area contributed by atoms with Crippen LogP contribution in [0.25, 0.3) is 10.9 Å². The number of aromatic amines is 1. The highest BCUT2D eigenvalue weighted by molar-refractivity contribution is 8.00. The zero-order valence-electron chi connectivity index (χ0n) is 10.6. The summed E-state index contributed by atoms with van der Waals surface area (Å²) < 4.78 is 0. The largest absolute Gasteiger partial charge is 0.395 e. The molecule has 0 amide bonds. The summed E-state index contributed by atoms with van der Waals surface area (Å²) >= 11 is 1.63. The molecule has 2 atom stereocenters. The van der Waals surface area contributed by atoms with Crippen molar-refractivity contribution in [1.29, 1.82) is 0 Å². The SMILES string of the molecule is CCCC(N)C(CO)Sc1cc2ccccc2[nH]1. The van der Waals surface area contributed by atoms with Gasteiger partial charge < -0.3 is 15.8 Å². The number of benzene rings is 1. The summed E-state index contributed by atoms with van der Waals surface area (Å²) in [5.74, 6) is 0.